The van der Waals surface area contributed by atoms with Gasteiger partial charge in [-0.25, -0.2) is 4.99 Å². The van der Waals surface area contributed by atoms with Gasteiger partial charge in [-0.1, -0.05) is 11.6 Å². The number of furan rings is 1. The highest BCUT2D eigenvalue weighted by atomic mass is 35.5. The van der Waals surface area contributed by atoms with Crippen LogP contribution in [0.25, 0.3) is 0 Å². The van der Waals surface area contributed by atoms with E-state index in [1.54, 1.807) is 32.5 Å². The predicted octanol–water partition coefficient (Wildman–Crippen LogP) is 2.52. The Balaban J connectivity index is 1.88. The van der Waals surface area contributed by atoms with Gasteiger partial charge >= 0.3 is 0 Å². The van der Waals surface area contributed by atoms with E-state index in [1.807, 2.05) is 36.2 Å². The average molecular weight is 407 g/mol. The first kappa shape index (κ1) is 21.6. The number of hydrogen-bond acceptors (Lipinski definition) is 4. The average Bonchev–Trinajstić information content (AvgIpc) is 3.19. The molecular formula is C20H27ClN4O3. The highest BCUT2D eigenvalue weighted by Gasteiger charge is 2.09. The fraction of sp³-hybridized carbons (Fsp3) is 0.400. The second kappa shape index (κ2) is 11.2. The second-order valence-corrected chi connectivity index (χ2v) is 6.84. The molecule has 0 saturated carbocycles. The molecule has 0 aliphatic rings. The molecule has 0 spiro atoms. The summed E-state index contributed by atoms with van der Waals surface area (Å²) >= 11 is 5.88. The van der Waals surface area contributed by atoms with Crippen molar-refractivity contribution >= 4 is 23.5 Å². The van der Waals surface area contributed by atoms with Crippen molar-refractivity contribution in [2.75, 3.05) is 47.4 Å². The van der Waals surface area contributed by atoms with Gasteiger partial charge in [0.1, 0.15) is 24.7 Å². The summed E-state index contributed by atoms with van der Waals surface area (Å²) in [4.78, 5) is 19.8. The first-order valence-electron chi connectivity index (χ1n) is 9.06. The molecule has 0 fully saturated rings. The Morgan fingerprint density at radius 3 is 2.61 bits per heavy atom. The Kier molecular flexibility index (Phi) is 8.68. The molecule has 8 heteroatoms. The Hall–Kier alpha value is -2.67. The van der Waals surface area contributed by atoms with Crippen LogP contribution in [-0.2, 0) is 11.2 Å². The van der Waals surface area contributed by atoms with Gasteiger partial charge in [-0.05, 0) is 36.4 Å². The van der Waals surface area contributed by atoms with E-state index in [0.717, 1.165) is 17.9 Å². The van der Waals surface area contributed by atoms with Crippen LogP contribution < -0.4 is 10.1 Å². The first-order chi connectivity index (χ1) is 13.5. The lowest BCUT2D eigenvalue weighted by molar-refractivity contribution is -0.127. The van der Waals surface area contributed by atoms with Gasteiger partial charge in [0.2, 0.25) is 5.91 Å². The maximum absolute atomic E-state index is 11.9. The van der Waals surface area contributed by atoms with Gasteiger partial charge in [-0.15, -0.1) is 0 Å². The van der Waals surface area contributed by atoms with Gasteiger partial charge in [-0.3, -0.25) is 4.79 Å². The molecule has 0 unspecified atom stereocenters. The van der Waals surface area contributed by atoms with Crippen molar-refractivity contribution in [3.63, 3.8) is 0 Å². The molecule has 0 bridgehead atoms. The molecule has 2 rings (SSSR count). The van der Waals surface area contributed by atoms with Crippen molar-refractivity contribution in [1.82, 2.24) is 15.1 Å². The number of benzene rings is 1. The summed E-state index contributed by atoms with van der Waals surface area (Å²) in [5, 5.41) is 3.95. The van der Waals surface area contributed by atoms with Crippen LogP contribution in [0.5, 0.6) is 5.75 Å². The number of rotatable bonds is 9. The van der Waals surface area contributed by atoms with Crippen molar-refractivity contribution in [2.24, 2.45) is 4.99 Å². The molecule has 28 heavy (non-hydrogen) atoms. The zero-order chi connectivity index (χ0) is 20.4. The topological polar surface area (TPSA) is 70.3 Å². The standard InChI is InChI=1S/C20H27ClN4O3/c1-24(2)19(26)15-23-20(22-11-10-17-5-4-13-27-17)25(3)12-14-28-18-8-6-16(21)7-9-18/h4-9,13H,10-12,14-15H2,1-3H3,(H,22,23). The third-order valence-electron chi connectivity index (χ3n) is 3.97. The van der Waals surface area contributed by atoms with E-state index in [-0.39, 0.29) is 12.5 Å². The van der Waals surface area contributed by atoms with Crippen LogP contribution in [0.4, 0.5) is 0 Å². The number of halogens is 1. The number of ether oxygens (including phenoxy) is 1. The molecule has 0 aliphatic heterocycles. The van der Waals surface area contributed by atoms with Crippen LogP contribution in [-0.4, -0.2) is 69.1 Å². The third-order valence-corrected chi connectivity index (χ3v) is 4.22. The fourth-order valence-electron chi connectivity index (χ4n) is 2.28. The number of likely N-dealkylation sites (N-methyl/N-ethyl adjacent to an activating group) is 2. The van der Waals surface area contributed by atoms with Crippen molar-refractivity contribution < 1.29 is 13.9 Å². The number of nitrogens with zero attached hydrogens (tertiary/aromatic N) is 3. The summed E-state index contributed by atoms with van der Waals surface area (Å²) in [6, 6.07) is 11.0. The van der Waals surface area contributed by atoms with E-state index in [4.69, 9.17) is 20.8 Å². The number of carbonyl (C=O) groups excluding carboxylic acids is 1. The highest BCUT2D eigenvalue weighted by Crippen LogP contribution is 2.15. The monoisotopic (exact) mass is 406 g/mol. The smallest absolute Gasteiger partial charge is 0.243 e. The molecule has 0 atom stereocenters. The normalized spacial score (nSPS) is 11.2. The van der Waals surface area contributed by atoms with Crippen LogP contribution in [0.2, 0.25) is 5.02 Å². The summed E-state index contributed by atoms with van der Waals surface area (Å²) < 4.78 is 11.1. The number of carbonyl (C=O) groups is 1. The molecule has 0 radical (unpaired) electrons. The zero-order valence-corrected chi connectivity index (χ0v) is 17.3. The number of hydrogen-bond donors (Lipinski definition) is 1. The molecule has 1 aromatic heterocycles. The van der Waals surface area contributed by atoms with Crippen LogP contribution in [0.3, 0.4) is 0 Å². The van der Waals surface area contributed by atoms with E-state index in [1.165, 1.54) is 4.90 Å². The van der Waals surface area contributed by atoms with Crippen molar-refractivity contribution in [1.29, 1.82) is 0 Å². The van der Waals surface area contributed by atoms with Crippen LogP contribution in [0, 0.1) is 0 Å². The Bertz CT molecular complexity index is 745. The van der Waals surface area contributed by atoms with Gasteiger partial charge in [0.15, 0.2) is 5.96 Å². The number of guanidine groups is 1. The lowest BCUT2D eigenvalue weighted by Gasteiger charge is -2.22. The maximum atomic E-state index is 11.9. The fourth-order valence-corrected chi connectivity index (χ4v) is 2.41. The minimum absolute atomic E-state index is 0.0591. The highest BCUT2D eigenvalue weighted by molar-refractivity contribution is 6.30. The lowest BCUT2D eigenvalue weighted by Crippen LogP contribution is -2.42. The van der Waals surface area contributed by atoms with Crippen LogP contribution in [0.15, 0.2) is 52.1 Å². The summed E-state index contributed by atoms with van der Waals surface area (Å²) in [5.41, 5.74) is 0. The first-order valence-corrected chi connectivity index (χ1v) is 9.44. The summed E-state index contributed by atoms with van der Waals surface area (Å²) in [6.07, 6.45) is 2.38. The quantitative estimate of drug-likeness (QED) is 0.512. The largest absolute Gasteiger partial charge is 0.492 e. The Morgan fingerprint density at radius 1 is 1.21 bits per heavy atom. The number of nitrogens with one attached hydrogen (secondary N) is 1. The molecule has 2 aromatic rings. The predicted molar refractivity (Wildman–Crippen MR) is 111 cm³/mol. The molecule has 0 saturated heterocycles. The third kappa shape index (κ3) is 7.52. The minimum atomic E-state index is -0.0591. The van der Waals surface area contributed by atoms with E-state index in [9.17, 15) is 4.79 Å². The van der Waals surface area contributed by atoms with Crippen molar-refractivity contribution in [2.45, 2.75) is 6.42 Å². The van der Waals surface area contributed by atoms with Crippen molar-refractivity contribution in [3.05, 3.63) is 53.4 Å². The maximum Gasteiger partial charge on any atom is 0.243 e. The van der Waals surface area contributed by atoms with E-state index in [0.29, 0.717) is 30.7 Å². The Labute approximate surface area is 170 Å². The van der Waals surface area contributed by atoms with Crippen LogP contribution >= 0.6 is 11.6 Å². The van der Waals surface area contributed by atoms with Gasteiger partial charge in [0.25, 0.3) is 0 Å². The van der Waals surface area contributed by atoms with E-state index < -0.39 is 0 Å². The molecule has 1 aromatic carbocycles. The van der Waals surface area contributed by atoms with Crippen molar-refractivity contribution in [3.8, 4) is 5.75 Å². The molecule has 7 nitrogen and oxygen atoms in total. The Morgan fingerprint density at radius 2 is 1.96 bits per heavy atom. The molecule has 0 aliphatic carbocycles. The SMILES string of the molecule is CN(C)C(=O)CN=C(NCCc1ccco1)N(C)CCOc1ccc(Cl)cc1. The van der Waals surface area contributed by atoms with Gasteiger partial charge in [0, 0.05) is 39.1 Å². The lowest BCUT2D eigenvalue weighted by atomic mass is 10.3. The number of amides is 1. The van der Waals surface area contributed by atoms with Crippen LogP contribution in [0.1, 0.15) is 5.76 Å². The molecular weight excluding hydrogens is 380 g/mol. The van der Waals surface area contributed by atoms with Gasteiger partial charge in [-0.2, -0.15) is 0 Å². The van der Waals surface area contributed by atoms with E-state index >= 15 is 0 Å². The summed E-state index contributed by atoms with van der Waals surface area (Å²) in [7, 11) is 5.33. The summed E-state index contributed by atoms with van der Waals surface area (Å²) in [5.74, 6) is 2.23. The second-order valence-electron chi connectivity index (χ2n) is 6.41. The molecule has 1 heterocycles. The number of aliphatic imine (C=N–C) groups is 1. The molecule has 1 N–H and O–H groups in total. The minimum Gasteiger partial charge on any atom is -0.492 e. The molecule has 1 amide bonds. The zero-order valence-electron chi connectivity index (χ0n) is 16.5. The summed E-state index contributed by atoms with van der Waals surface area (Å²) in [6.45, 7) is 1.80. The van der Waals surface area contributed by atoms with E-state index in [2.05, 4.69) is 10.3 Å². The van der Waals surface area contributed by atoms with Gasteiger partial charge in [0.05, 0.1) is 12.8 Å². The van der Waals surface area contributed by atoms with Gasteiger partial charge < -0.3 is 24.3 Å². The molecule has 152 valence electrons.